The summed E-state index contributed by atoms with van der Waals surface area (Å²) in [6.45, 7) is 0. The van der Waals surface area contributed by atoms with Crippen LogP contribution in [-0.2, 0) is 5.88 Å². The molecule has 0 radical (unpaired) electrons. The van der Waals surface area contributed by atoms with Gasteiger partial charge >= 0.3 is 0 Å². The predicted molar refractivity (Wildman–Crippen MR) is 36.6 cm³/mol. The maximum atomic E-state index is 5.59. The molecular weight excluding hydrogens is 159 g/mol. The van der Waals surface area contributed by atoms with Crippen LogP contribution in [0.25, 0.3) is 0 Å². The highest BCUT2D eigenvalue weighted by molar-refractivity contribution is 6.31. The van der Waals surface area contributed by atoms with Gasteiger partial charge in [0.15, 0.2) is 0 Å². The Morgan fingerprint density at radius 1 is 1.56 bits per heavy atom. The number of rotatable bonds is 1. The fourth-order valence-corrected chi connectivity index (χ4v) is 0.856. The summed E-state index contributed by atoms with van der Waals surface area (Å²) in [5.74, 6) is 0.361. The smallest absolute Gasteiger partial charge is 0.136 e. The van der Waals surface area contributed by atoms with Crippen molar-refractivity contribution in [3.63, 3.8) is 0 Å². The van der Waals surface area contributed by atoms with Gasteiger partial charge in [-0.25, -0.2) is 9.97 Å². The van der Waals surface area contributed by atoms with Crippen LogP contribution in [0, 0.1) is 0 Å². The Balaban J connectivity index is 3.01. The van der Waals surface area contributed by atoms with E-state index in [2.05, 4.69) is 9.97 Å². The number of aromatic nitrogens is 2. The Morgan fingerprint density at radius 2 is 2.33 bits per heavy atom. The maximum Gasteiger partial charge on any atom is 0.136 e. The second-order valence-corrected chi connectivity index (χ2v) is 2.10. The van der Waals surface area contributed by atoms with Crippen LogP contribution in [0.1, 0.15) is 5.56 Å². The minimum Gasteiger partial charge on any atom is -0.244 e. The molecule has 1 rings (SSSR count). The summed E-state index contributed by atoms with van der Waals surface area (Å²) < 4.78 is 0. The lowest BCUT2D eigenvalue weighted by atomic mass is 10.4. The Hall–Kier alpha value is -0.340. The van der Waals surface area contributed by atoms with Crippen LogP contribution >= 0.6 is 23.2 Å². The van der Waals surface area contributed by atoms with Crippen LogP contribution in [0.5, 0.6) is 0 Å². The van der Waals surface area contributed by atoms with E-state index >= 15 is 0 Å². The average Bonchev–Trinajstić information content (AvgIpc) is 1.89. The van der Waals surface area contributed by atoms with E-state index in [0.717, 1.165) is 5.56 Å². The minimum absolute atomic E-state index is 0.361. The fraction of sp³-hybridized carbons (Fsp3) is 0.200. The number of alkyl halides is 1. The molecule has 2 nitrogen and oxygen atoms in total. The normalized spacial score (nSPS) is 9.56. The molecule has 48 valence electrons. The Labute approximate surface area is 62.8 Å². The van der Waals surface area contributed by atoms with Crippen molar-refractivity contribution < 1.29 is 0 Å². The van der Waals surface area contributed by atoms with E-state index in [0.29, 0.717) is 11.0 Å². The highest BCUT2D eigenvalue weighted by Gasteiger charge is 1.96. The van der Waals surface area contributed by atoms with Crippen molar-refractivity contribution in [2.45, 2.75) is 5.88 Å². The summed E-state index contributed by atoms with van der Waals surface area (Å²) in [5.41, 5.74) is 0.765. The molecule has 0 spiro atoms. The molecule has 0 N–H and O–H groups in total. The van der Waals surface area contributed by atoms with E-state index in [-0.39, 0.29) is 0 Å². The summed E-state index contributed by atoms with van der Waals surface area (Å²) in [5, 5.41) is 0.431. The number of hydrogen-bond acceptors (Lipinski definition) is 2. The first-order valence-electron chi connectivity index (χ1n) is 2.35. The molecule has 0 aliphatic heterocycles. The molecule has 0 saturated carbocycles. The first kappa shape index (κ1) is 6.78. The Morgan fingerprint density at radius 3 is 2.78 bits per heavy atom. The Bertz CT molecular complexity index is 202. The highest BCUT2D eigenvalue weighted by atomic mass is 35.5. The van der Waals surface area contributed by atoms with Gasteiger partial charge in [0.1, 0.15) is 11.5 Å². The van der Waals surface area contributed by atoms with E-state index < -0.39 is 0 Å². The second-order valence-electron chi connectivity index (χ2n) is 1.47. The molecular formula is C5H4Cl2N2. The third-order valence-electron chi connectivity index (χ3n) is 0.877. The van der Waals surface area contributed by atoms with Gasteiger partial charge in [-0.1, -0.05) is 11.6 Å². The summed E-state index contributed by atoms with van der Waals surface area (Å²) >= 11 is 11.1. The van der Waals surface area contributed by atoms with Crippen molar-refractivity contribution in [2.75, 3.05) is 0 Å². The zero-order valence-corrected chi connectivity index (χ0v) is 6.02. The van der Waals surface area contributed by atoms with Crippen molar-refractivity contribution in [3.8, 4) is 0 Å². The van der Waals surface area contributed by atoms with Gasteiger partial charge < -0.3 is 0 Å². The van der Waals surface area contributed by atoms with Gasteiger partial charge in [-0.05, 0) is 0 Å². The molecule has 0 saturated heterocycles. The van der Waals surface area contributed by atoms with Crippen molar-refractivity contribution in [3.05, 3.63) is 23.2 Å². The standard InChI is InChI=1S/C5H4Cl2N2/c6-1-4-2-8-3-9-5(4)7/h2-3H,1H2. The van der Waals surface area contributed by atoms with Crippen molar-refractivity contribution in [2.24, 2.45) is 0 Å². The van der Waals surface area contributed by atoms with E-state index in [1.807, 2.05) is 0 Å². The van der Waals surface area contributed by atoms with Crippen LogP contribution in [0.15, 0.2) is 12.5 Å². The number of nitrogens with zero attached hydrogens (tertiary/aromatic N) is 2. The summed E-state index contributed by atoms with van der Waals surface area (Å²) in [7, 11) is 0. The molecule has 0 amide bonds. The fourth-order valence-electron chi connectivity index (χ4n) is 0.433. The topological polar surface area (TPSA) is 25.8 Å². The van der Waals surface area contributed by atoms with Crippen molar-refractivity contribution in [1.82, 2.24) is 9.97 Å². The quantitative estimate of drug-likeness (QED) is 0.466. The lowest BCUT2D eigenvalue weighted by molar-refractivity contribution is 1.12. The predicted octanol–water partition coefficient (Wildman–Crippen LogP) is 1.87. The van der Waals surface area contributed by atoms with E-state index in [9.17, 15) is 0 Å². The first-order valence-corrected chi connectivity index (χ1v) is 3.26. The molecule has 9 heavy (non-hydrogen) atoms. The van der Waals surface area contributed by atoms with Crippen LogP contribution < -0.4 is 0 Å². The second kappa shape index (κ2) is 2.99. The molecule has 1 heterocycles. The lowest BCUT2D eigenvalue weighted by Gasteiger charge is -1.93. The third kappa shape index (κ3) is 1.53. The summed E-state index contributed by atoms with van der Waals surface area (Å²) in [6.07, 6.45) is 2.99. The molecule has 0 aliphatic rings. The molecule has 0 atom stereocenters. The molecule has 1 aromatic rings. The summed E-state index contributed by atoms with van der Waals surface area (Å²) in [4.78, 5) is 7.46. The number of halogens is 2. The van der Waals surface area contributed by atoms with Gasteiger partial charge in [-0.2, -0.15) is 0 Å². The van der Waals surface area contributed by atoms with Crippen LogP contribution in [0.3, 0.4) is 0 Å². The van der Waals surface area contributed by atoms with Gasteiger partial charge in [-0.15, -0.1) is 11.6 Å². The van der Waals surface area contributed by atoms with Crippen LogP contribution in [-0.4, -0.2) is 9.97 Å². The van der Waals surface area contributed by atoms with Crippen molar-refractivity contribution in [1.29, 1.82) is 0 Å². The molecule has 0 fully saturated rings. The summed E-state index contributed by atoms with van der Waals surface area (Å²) in [6, 6.07) is 0. The van der Waals surface area contributed by atoms with Gasteiger partial charge in [0.25, 0.3) is 0 Å². The van der Waals surface area contributed by atoms with E-state index in [1.54, 1.807) is 6.20 Å². The van der Waals surface area contributed by atoms with Crippen molar-refractivity contribution >= 4 is 23.2 Å². The van der Waals surface area contributed by atoms with Gasteiger partial charge in [0.2, 0.25) is 0 Å². The van der Waals surface area contributed by atoms with Gasteiger partial charge in [0.05, 0.1) is 5.88 Å². The zero-order valence-electron chi connectivity index (χ0n) is 4.51. The van der Waals surface area contributed by atoms with Gasteiger partial charge in [0, 0.05) is 11.8 Å². The molecule has 0 unspecified atom stereocenters. The zero-order chi connectivity index (χ0) is 6.69. The molecule has 0 aliphatic carbocycles. The van der Waals surface area contributed by atoms with E-state index in [4.69, 9.17) is 23.2 Å². The largest absolute Gasteiger partial charge is 0.244 e. The van der Waals surface area contributed by atoms with E-state index in [1.165, 1.54) is 6.33 Å². The SMILES string of the molecule is ClCc1cncnc1Cl. The molecule has 0 aromatic carbocycles. The Kier molecular flexibility index (Phi) is 2.25. The average molecular weight is 163 g/mol. The highest BCUT2D eigenvalue weighted by Crippen LogP contribution is 2.11. The maximum absolute atomic E-state index is 5.59. The molecule has 1 aromatic heterocycles. The molecule has 4 heteroatoms. The lowest BCUT2D eigenvalue weighted by Crippen LogP contribution is -1.84. The third-order valence-corrected chi connectivity index (χ3v) is 1.51. The molecule has 0 bridgehead atoms. The van der Waals surface area contributed by atoms with Gasteiger partial charge in [-0.3, -0.25) is 0 Å². The number of hydrogen-bond donors (Lipinski definition) is 0. The first-order chi connectivity index (χ1) is 4.34. The van der Waals surface area contributed by atoms with Crippen LogP contribution in [0.4, 0.5) is 0 Å². The van der Waals surface area contributed by atoms with Crippen LogP contribution in [0.2, 0.25) is 5.15 Å². The minimum atomic E-state index is 0.361. The monoisotopic (exact) mass is 162 g/mol.